The van der Waals surface area contributed by atoms with Crippen LogP contribution in [0.1, 0.15) is 26.7 Å². The standard InChI is InChI=1S/C11H25NO3/c1-4-6-12-11(2,10-13)5-7-15-9-8-14-3/h12-13H,4-10H2,1-3H3. The molecule has 0 aliphatic heterocycles. The lowest BCUT2D eigenvalue weighted by atomic mass is 9.99. The minimum absolute atomic E-state index is 0.140. The fraction of sp³-hybridized carbons (Fsp3) is 1.00. The summed E-state index contributed by atoms with van der Waals surface area (Å²) in [5, 5.41) is 12.6. The largest absolute Gasteiger partial charge is 0.394 e. The molecule has 2 N–H and O–H groups in total. The van der Waals surface area contributed by atoms with Gasteiger partial charge in [-0.25, -0.2) is 0 Å². The molecule has 0 aromatic carbocycles. The van der Waals surface area contributed by atoms with E-state index in [9.17, 15) is 5.11 Å². The molecule has 15 heavy (non-hydrogen) atoms. The van der Waals surface area contributed by atoms with Gasteiger partial charge in [0.15, 0.2) is 0 Å². The summed E-state index contributed by atoms with van der Waals surface area (Å²) in [7, 11) is 1.66. The van der Waals surface area contributed by atoms with Gasteiger partial charge in [-0.15, -0.1) is 0 Å². The van der Waals surface area contributed by atoms with E-state index in [0.29, 0.717) is 19.8 Å². The molecule has 92 valence electrons. The molecule has 4 nitrogen and oxygen atoms in total. The van der Waals surface area contributed by atoms with Gasteiger partial charge in [0.25, 0.3) is 0 Å². The van der Waals surface area contributed by atoms with E-state index in [1.165, 1.54) is 0 Å². The van der Waals surface area contributed by atoms with Crippen LogP contribution in [0, 0.1) is 0 Å². The van der Waals surface area contributed by atoms with E-state index in [0.717, 1.165) is 19.4 Å². The first-order valence-electron chi connectivity index (χ1n) is 5.61. The molecule has 0 bridgehead atoms. The summed E-state index contributed by atoms with van der Waals surface area (Å²) in [6.07, 6.45) is 1.88. The van der Waals surface area contributed by atoms with Gasteiger partial charge < -0.3 is 19.9 Å². The molecule has 0 saturated heterocycles. The number of hydrogen-bond donors (Lipinski definition) is 2. The predicted molar refractivity (Wildman–Crippen MR) is 61.1 cm³/mol. The van der Waals surface area contributed by atoms with Crippen molar-refractivity contribution in [2.45, 2.75) is 32.2 Å². The zero-order valence-corrected chi connectivity index (χ0v) is 10.2. The van der Waals surface area contributed by atoms with Crippen molar-refractivity contribution in [3.8, 4) is 0 Å². The van der Waals surface area contributed by atoms with Gasteiger partial charge in [-0.2, -0.15) is 0 Å². The minimum atomic E-state index is -0.219. The van der Waals surface area contributed by atoms with Gasteiger partial charge >= 0.3 is 0 Å². The van der Waals surface area contributed by atoms with Crippen LogP contribution in [0.5, 0.6) is 0 Å². The number of aliphatic hydroxyl groups excluding tert-OH is 1. The Bertz CT molecular complexity index is 144. The third kappa shape index (κ3) is 7.73. The lowest BCUT2D eigenvalue weighted by molar-refractivity contribution is 0.0505. The first-order valence-corrected chi connectivity index (χ1v) is 5.61. The van der Waals surface area contributed by atoms with E-state index in [1.54, 1.807) is 7.11 Å². The lowest BCUT2D eigenvalue weighted by Gasteiger charge is -2.28. The monoisotopic (exact) mass is 219 g/mol. The number of rotatable bonds is 10. The van der Waals surface area contributed by atoms with Crippen LogP contribution in [0.25, 0.3) is 0 Å². The van der Waals surface area contributed by atoms with Crippen LogP contribution < -0.4 is 5.32 Å². The van der Waals surface area contributed by atoms with Gasteiger partial charge in [0.05, 0.1) is 19.8 Å². The van der Waals surface area contributed by atoms with E-state index in [1.807, 2.05) is 6.92 Å². The Labute approximate surface area is 93.0 Å². The highest BCUT2D eigenvalue weighted by atomic mass is 16.5. The van der Waals surface area contributed by atoms with Gasteiger partial charge in [-0.05, 0) is 26.3 Å². The normalized spacial score (nSPS) is 15.2. The molecule has 0 saturated carbocycles. The number of hydrogen-bond acceptors (Lipinski definition) is 4. The van der Waals surface area contributed by atoms with Crippen molar-refractivity contribution in [3.05, 3.63) is 0 Å². The smallest absolute Gasteiger partial charge is 0.0700 e. The zero-order chi connectivity index (χ0) is 11.6. The van der Waals surface area contributed by atoms with Crippen molar-refractivity contribution in [2.75, 3.05) is 40.1 Å². The summed E-state index contributed by atoms with van der Waals surface area (Å²) < 4.78 is 10.3. The van der Waals surface area contributed by atoms with Gasteiger partial charge in [0, 0.05) is 19.3 Å². The van der Waals surface area contributed by atoms with Crippen molar-refractivity contribution < 1.29 is 14.6 Å². The Morgan fingerprint density at radius 1 is 1.27 bits per heavy atom. The van der Waals surface area contributed by atoms with Crippen molar-refractivity contribution >= 4 is 0 Å². The summed E-state index contributed by atoms with van der Waals surface area (Å²) in [4.78, 5) is 0. The molecule has 0 aromatic heterocycles. The van der Waals surface area contributed by atoms with E-state index in [-0.39, 0.29) is 12.1 Å². The van der Waals surface area contributed by atoms with E-state index < -0.39 is 0 Å². The van der Waals surface area contributed by atoms with E-state index >= 15 is 0 Å². The van der Waals surface area contributed by atoms with Crippen molar-refractivity contribution in [1.29, 1.82) is 0 Å². The van der Waals surface area contributed by atoms with Crippen LogP contribution in [0.3, 0.4) is 0 Å². The van der Waals surface area contributed by atoms with Crippen LogP contribution in [0.2, 0.25) is 0 Å². The van der Waals surface area contributed by atoms with Gasteiger partial charge in [0.1, 0.15) is 0 Å². The average Bonchev–Trinajstić information content (AvgIpc) is 2.26. The SMILES string of the molecule is CCCNC(C)(CO)CCOCCOC. The molecular weight excluding hydrogens is 194 g/mol. The maximum Gasteiger partial charge on any atom is 0.0700 e. The molecule has 0 fully saturated rings. The summed E-state index contributed by atoms with van der Waals surface area (Å²) in [5.74, 6) is 0. The van der Waals surface area contributed by atoms with Crippen LogP contribution in [-0.4, -0.2) is 50.7 Å². The molecule has 0 rings (SSSR count). The van der Waals surface area contributed by atoms with E-state index in [4.69, 9.17) is 9.47 Å². The van der Waals surface area contributed by atoms with Crippen LogP contribution in [0.15, 0.2) is 0 Å². The molecule has 1 unspecified atom stereocenters. The highest BCUT2D eigenvalue weighted by Gasteiger charge is 2.21. The second-order valence-electron chi connectivity index (χ2n) is 4.00. The third-order valence-corrected chi connectivity index (χ3v) is 2.38. The fourth-order valence-electron chi connectivity index (χ4n) is 1.19. The Kier molecular flexibility index (Phi) is 9.00. The zero-order valence-electron chi connectivity index (χ0n) is 10.2. The molecule has 0 aliphatic carbocycles. The van der Waals surface area contributed by atoms with E-state index in [2.05, 4.69) is 12.2 Å². The Morgan fingerprint density at radius 2 is 2.00 bits per heavy atom. The summed E-state index contributed by atoms with van der Waals surface area (Å²) >= 11 is 0. The fourth-order valence-corrected chi connectivity index (χ4v) is 1.19. The Hall–Kier alpha value is -0.160. The maximum absolute atomic E-state index is 9.27. The van der Waals surface area contributed by atoms with Gasteiger partial charge in [-0.1, -0.05) is 6.92 Å². The number of nitrogens with one attached hydrogen (secondary N) is 1. The van der Waals surface area contributed by atoms with Crippen molar-refractivity contribution in [1.82, 2.24) is 5.32 Å². The summed E-state index contributed by atoms with van der Waals surface area (Å²) in [5.41, 5.74) is -0.219. The lowest BCUT2D eigenvalue weighted by Crippen LogP contribution is -2.46. The van der Waals surface area contributed by atoms with Crippen LogP contribution in [-0.2, 0) is 9.47 Å². The molecular formula is C11H25NO3. The third-order valence-electron chi connectivity index (χ3n) is 2.38. The molecule has 0 heterocycles. The molecule has 0 amide bonds. The first-order chi connectivity index (χ1) is 7.18. The summed E-state index contributed by atoms with van der Waals surface area (Å²) in [6.45, 7) is 7.08. The molecule has 4 heteroatoms. The number of ether oxygens (including phenoxy) is 2. The average molecular weight is 219 g/mol. The van der Waals surface area contributed by atoms with Crippen LogP contribution in [0.4, 0.5) is 0 Å². The Balaban J connectivity index is 3.58. The predicted octanol–water partition coefficient (Wildman–Crippen LogP) is 0.790. The topological polar surface area (TPSA) is 50.7 Å². The van der Waals surface area contributed by atoms with Crippen molar-refractivity contribution in [2.24, 2.45) is 0 Å². The quantitative estimate of drug-likeness (QED) is 0.533. The highest BCUT2D eigenvalue weighted by Crippen LogP contribution is 2.08. The second kappa shape index (κ2) is 9.09. The number of methoxy groups -OCH3 is 1. The minimum Gasteiger partial charge on any atom is -0.394 e. The molecule has 1 atom stereocenters. The van der Waals surface area contributed by atoms with Gasteiger partial charge in [-0.3, -0.25) is 0 Å². The molecule has 0 aromatic rings. The second-order valence-corrected chi connectivity index (χ2v) is 4.00. The maximum atomic E-state index is 9.27. The molecule has 0 radical (unpaired) electrons. The Morgan fingerprint density at radius 3 is 2.53 bits per heavy atom. The van der Waals surface area contributed by atoms with Crippen molar-refractivity contribution in [3.63, 3.8) is 0 Å². The number of aliphatic hydroxyl groups is 1. The highest BCUT2D eigenvalue weighted by molar-refractivity contribution is 4.81. The van der Waals surface area contributed by atoms with Gasteiger partial charge in [0.2, 0.25) is 0 Å². The first kappa shape index (κ1) is 14.8. The van der Waals surface area contributed by atoms with Crippen LogP contribution >= 0.6 is 0 Å². The summed E-state index contributed by atoms with van der Waals surface area (Å²) in [6, 6.07) is 0. The molecule has 0 spiro atoms. The molecule has 0 aliphatic rings.